The summed E-state index contributed by atoms with van der Waals surface area (Å²) in [5.41, 5.74) is 2.43. The Kier molecular flexibility index (Phi) is 5.77. The van der Waals surface area contributed by atoms with Crippen LogP contribution in [0.25, 0.3) is 10.2 Å². The zero-order valence-corrected chi connectivity index (χ0v) is 19.2. The van der Waals surface area contributed by atoms with Crippen molar-refractivity contribution in [2.45, 2.75) is 32.9 Å². The molecule has 2 aliphatic heterocycles. The van der Waals surface area contributed by atoms with Gasteiger partial charge in [0, 0.05) is 56.4 Å². The summed E-state index contributed by atoms with van der Waals surface area (Å²) in [4.78, 5) is 31.9. The molecule has 5 rings (SSSR count). The van der Waals surface area contributed by atoms with Gasteiger partial charge in [0.15, 0.2) is 0 Å². The van der Waals surface area contributed by atoms with E-state index in [-0.39, 0.29) is 5.56 Å². The summed E-state index contributed by atoms with van der Waals surface area (Å²) in [6.07, 6.45) is 3.80. The molecule has 3 aromatic rings. The second-order valence-corrected chi connectivity index (χ2v) is 9.82. The highest BCUT2D eigenvalue weighted by Crippen LogP contribution is 2.31. The van der Waals surface area contributed by atoms with Crippen molar-refractivity contribution in [2.75, 3.05) is 51.2 Å². The molecule has 2 aliphatic rings. The lowest BCUT2D eigenvalue weighted by molar-refractivity contribution is 0.279. The summed E-state index contributed by atoms with van der Waals surface area (Å²) < 4.78 is 1.82. The van der Waals surface area contributed by atoms with Gasteiger partial charge in [0.25, 0.3) is 5.56 Å². The first-order valence-electron chi connectivity index (χ1n) is 11.2. The molecule has 0 aliphatic carbocycles. The van der Waals surface area contributed by atoms with Gasteiger partial charge in [0.05, 0.1) is 11.7 Å². The van der Waals surface area contributed by atoms with Crippen molar-refractivity contribution in [2.24, 2.45) is 0 Å². The van der Waals surface area contributed by atoms with Crippen molar-refractivity contribution in [3.05, 3.63) is 51.0 Å². The third-order valence-corrected chi connectivity index (χ3v) is 7.59. The number of anilines is 1. The third-order valence-electron chi connectivity index (χ3n) is 6.46. The number of hydrogen-bond donors (Lipinski definition) is 0. The van der Waals surface area contributed by atoms with Crippen LogP contribution in [-0.4, -0.2) is 70.7 Å². The van der Waals surface area contributed by atoms with E-state index in [1.807, 2.05) is 17.6 Å². The molecular weight excluding hydrogens is 408 g/mol. The van der Waals surface area contributed by atoms with Gasteiger partial charge in [-0.05, 0) is 51.1 Å². The van der Waals surface area contributed by atoms with Gasteiger partial charge in [-0.25, -0.2) is 9.97 Å². The largest absolute Gasteiger partial charge is 0.355 e. The minimum atomic E-state index is 0.132. The van der Waals surface area contributed by atoms with E-state index in [0.717, 1.165) is 80.4 Å². The summed E-state index contributed by atoms with van der Waals surface area (Å²) >= 11 is 1.69. The summed E-state index contributed by atoms with van der Waals surface area (Å²) in [5.74, 6) is 1.07. The van der Waals surface area contributed by atoms with Crippen LogP contribution in [0.5, 0.6) is 0 Å². The molecule has 7 nitrogen and oxygen atoms in total. The maximum atomic E-state index is 13.2. The molecule has 8 heteroatoms. The quantitative estimate of drug-likeness (QED) is 0.623. The Hall–Kier alpha value is -2.29. The number of pyridine rings is 1. The molecule has 3 aromatic heterocycles. The molecule has 1 fully saturated rings. The Balaban J connectivity index is 1.27. The second kappa shape index (κ2) is 8.68. The first-order valence-corrected chi connectivity index (χ1v) is 12.0. The predicted molar refractivity (Wildman–Crippen MR) is 126 cm³/mol. The Morgan fingerprint density at radius 3 is 2.87 bits per heavy atom. The molecule has 1 saturated heterocycles. The normalized spacial score (nSPS) is 18.3. The molecule has 0 spiro atoms. The number of rotatable bonds is 4. The van der Waals surface area contributed by atoms with Crippen LogP contribution in [0.15, 0.2) is 29.3 Å². The molecule has 0 N–H and O–H groups in total. The zero-order valence-electron chi connectivity index (χ0n) is 18.4. The number of hydrogen-bond acceptors (Lipinski definition) is 7. The van der Waals surface area contributed by atoms with Gasteiger partial charge < -0.3 is 9.80 Å². The van der Waals surface area contributed by atoms with Gasteiger partial charge in [0.1, 0.15) is 10.6 Å². The minimum Gasteiger partial charge on any atom is -0.355 e. The number of nitrogens with zero attached hydrogens (tertiary/aromatic N) is 6. The fourth-order valence-corrected chi connectivity index (χ4v) is 5.94. The minimum absolute atomic E-state index is 0.132. The molecule has 0 aromatic carbocycles. The maximum absolute atomic E-state index is 13.2. The number of aryl methyl sites for hydroxylation is 1. The van der Waals surface area contributed by atoms with Gasteiger partial charge in [-0.1, -0.05) is 6.07 Å². The lowest BCUT2D eigenvalue weighted by Crippen LogP contribution is -2.35. The summed E-state index contributed by atoms with van der Waals surface area (Å²) in [6, 6.07) is 6.22. The lowest BCUT2D eigenvalue weighted by atomic mass is 10.1. The van der Waals surface area contributed by atoms with E-state index in [0.29, 0.717) is 6.54 Å². The Bertz CT molecular complexity index is 1140. The van der Waals surface area contributed by atoms with Crippen LogP contribution in [0.1, 0.15) is 22.6 Å². The average Bonchev–Trinajstić information content (AvgIpc) is 2.95. The average molecular weight is 439 g/mol. The van der Waals surface area contributed by atoms with Crippen molar-refractivity contribution < 1.29 is 0 Å². The van der Waals surface area contributed by atoms with E-state index < -0.39 is 0 Å². The number of fused-ring (bicyclic) bond motifs is 3. The zero-order chi connectivity index (χ0) is 21.4. The van der Waals surface area contributed by atoms with Crippen LogP contribution in [0.4, 0.5) is 5.82 Å². The van der Waals surface area contributed by atoms with Crippen LogP contribution >= 0.6 is 11.3 Å². The number of thiophene rings is 1. The standard InChI is InChI=1S/C23H30N6OS/c1-17-5-3-6-20(25-17)28-9-4-8-27(11-13-28)12-14-29-16-24-22-21(23(29)30)18-7-10-26(2)15-19(18)31-22/h3,5-6,16H,4,7-15H2,1-2H3. The molecule has 0 amide bonds. The van der Waals surface area contributed by atoms with Crippen molar-refractivity contribution in [1.82, 2.24) is 24.3 Å². The van der Waals surface area contributed by atoms with Crippen molar-refractivity contribution in [3.63, 3.8) is 0 Å². The topological polar surface area (TPSA) is 57.5 Å². The van der Waals surface area contributed by atoms with Crippen LogP contribution < -0.4 is 10.5 Å². The lowest BCUT2D eigenvalue weighted by Gasteiger charge is -2.23. The summed E-state index contributed by atoms with van der Waals surface area (Å²) in [6.45, 7) is 9.56. The highest BCUT2D eigenvalue weighted by atomic mass is 32.1. The molecule has 5 heterocycles. The van der Waals surface area contributed by atoms with Crippen molar-refractivity contribution >= 4 is 27.4 Å². The molecule has 0 unspecified atom stereocenters. The first-order chi connectivity index (χ1) is 15.1. The molecule has 0 saturated carbocycles. The fourth-order valence-electron chi connectivity index (χ4n) is 4.68. The Labute approximate surface area is 186 Å². The molecule has 31 heavy (non-hydrogen) atoms. The Morgan fingerprint density at radius 1 is 1.10 bits per heavy atom. The molecule has 164 valence electrons. The van der Waals surface area contributed by atoms with Crippen LogP contribution in [0, 0.1) is 6.92 Å². The van der Waals surface area contributed by atoms with E-state index >= 15 is 0 Å². The van der Waals surface area contributed by atoms with Crippen LogP contribution in [0.2, 0.25) is 0 Å². The fraction of sp³-hybridized carbons (Fsp3) is 0.522. The number of likely N-dealkylation sites (N-methyl/N-ethyl adjacent to an activating group) is 1. The molecule has 0 bridgehead atoms. The smallest absolute Gasteiger partial charge is 0.262 e. The molecule has 0 radical (unpaired) electrons. The van der Waals surface area contributed by atoms with Gasteiger partial charge in [-0.2, -0.15) is 0 Å². The van der Waals surface area contributed by atoms with Gasteiger partial charge in [0.2, 0.25) is 0 Å². The van der Waals surface area contributed by atoms with Gasteiger partial charge in [-0.15, -0.1) is 11.3 Å². The summed E-state index contributed by atoms with van der Waals surface area (Å²) in [5, 5.41) is 0.864. The number of aromatic nitrogens is 3. The van der Waals surface area contributed by atoms with Crippen LogP contribution in [0.3, 0.4) is 0 Å². The maximum Gasteiger partial charge on any atom is 0.262 e. The van der Waals surface area contributed by atoms with E-state index in [9.17, 15) is 4.79 Å². The monoisotopic (exact) mass is 438 g/mol. The van der Waals surface area contributed by atoms with Crippen molar-refractivity contribution in [1.29, 1.82) is 0 Å². The highest BCUT2D eigenvalue weighted by Gasteiger charge is 2.22. The van der Waals surface area contributed by atoms with E-state index in [4.69, 9.17) is 0 Å². The van der Waals surface area contributed by atoms with Crippen LogP contribution in [-0.2, 0) is 19.5 Å². The molecule has 0 atom stereocenters. The van der Waals surface area contributed by atoms with Crippen molar-refractivity contribution in [3.8, 4) is 0 Å². The van der Waals surface area contributed by atoms with Gasteiger partial charge >= 0.3 is 0 Å². The van der Waals surface area contributed by atoms with E-state index in [1.54, 1.807) is 17.7 Å². The third kappa shape index (κ3) is 4.24. The predicted octanol–water partition coefficient (Wildman–Crippen LogP) is 2.36. The van der Waals surface area contributed by atoms with E-state index in [1.165, 1.54) is 10.4 Å². The first kappa shape index (κ1) is 20.6. The van der Waals surface area contributed by atoms with Gasteiger partial charge in [-0.3, -0.25) is 14.3 Å². The highest BCUT2D eigenvalue weighted by molar-refractivity contribution is 7.18. The molecular formula is C23H30N6OS. The Morgan fingerprint density at radius 2 is 2.00 bits per heavy atom. The summed E-state index contributed by atoms with van der Waals surface area (Å²) in [7, 11) is 2.14. The van der Waals surface area contributed by atoms with E-state index in [2.05, 4.69) is 43.8 Å². The SMILES string of the molecule is Cc1cccc(N2CCCN(CCn3cnc4sc5c(c4c3=O)CCN(C)C5)CC2)n1. The second-order valence-electron chi connectivity index (χ2n) is 8.73.